The zero-order chi connectivity index (χ0) is 14.2. The number of nitrogens with zero attached hydrogens (tertiary/aromatic N) is 1. The summed E-state index contributed by atoms with van der Waals surface area (Å²) >= 11 is 1.51. The fourth-order valence-electron chi connectivity index (χ4n) is 1.61. The minimum atomic E-state index is -0.171. The first-order chi connectivity index (χ1) is 9.78. The highest BCUT2D eigenvalue weighted by molar-refractivity contribution is 7.99. The van der Waals surface area contributed by atoms with Gasteiger partial charge in [-0.15, -0.1) is 0 Å². The van der Waals surface area contributed by atoms with E-state index in [-0.39, 0.29) is 5.91 Å². The third-order valence-electron chi connectivity index (χ3n) is 2.46. The van der Waals surface area contributed by atoms with Crippen molar-refractivity contribution in [3.8, 4) is 0 Å². The molecule has 20 heavy (non-hydrogen) atoms. The lowest BCUT2D eigenvalue weighted by Gasteiger charge is -2.06. The van der Waals surface area contributed by atoms with Crippen LogP contribution >= 0.6 is 11.9 Å². The van der Waals surface area contributed by atoms with Crippen LogP contribution in [-0.2, 0) is 4.79 Å². The molecule has 0 saturated heterocycles. The highest BCUT2D eigenvalue weighted by atomic mass is 32.2. The van der Waals surface area contributed by atoms with Crippen molar-refractivity contribution < 1.29 is 4.79 Å². The van der Waals surface area contributed by atoms with E-state index in [1.807, 2.05) is 42.7 Å². The smallest absolute Gasteiger partial charge is 0.248 e. The number of carbonyl (C=O) groups excluding carboxylic acids is 1. The van der Waals surface area contributed by atoms with Crippen molar-refractivity contribution in [2.24, 2.45) is 0 Å². The normalized spacial score (nSPS) is 10.4. The molecule has 0 atom stereocenters. The predicted molar refractivity (Wildman–Crippen MR) is 85.5 cm³/mol. The Labute approximate surface area is 122 Å². The van der Waals surface area contributed by atoms with Gasteiger partial charge in [0.25, 0.3) is 0 Å². The SMILES string of the molecule is CSNc1cccc(NC(=O)/C=C/c2cccnc2)c1. The Morgan fingerprint density at radius 2 is 2.10 bits per heavy atom. The maximum atomic E-state index is 11.8. The fourth-order valence-corrected chi connectivity index (χ4v) is 1.97. The molecule has 2 N–H and O–H groups in total. The minimum Gasteiger partial charge on any atom is -0.330 e. The van der Waals surface area contributed by atoms with Crippen molar-refractivity contribution in [3.63, 3.8) is 0 Å². The number of amides is 1. The highest BCUT2D eigenvalue weighted by Gasteiger charge is 1.99. The first kappa shape index (κ1) is 14.1. The summed E-state index contributed by atoms with van der Waals surface area (Å²) in [5, 5.41) is 2.82. The van der Waals surface area contributed by atoms with Gasteiger partial charge in [-0.2, -0.15) is 0 Å². The number of nitrogens with one attached hydrogen (secondary N) is 2. The summed E-state index contributed by atoms with van der Waals surface area (Å²) in [7, 11) is 0. The Bertz CT molecular complexity index is 599. The van der Waals surface area contributed by atoms with Gasteiger partial charge >= 0.3 is 0 Å². The Balaban J connectivity index is 1.97. The van der Waals surface area contributed by atoms with E-state index in [0.29, 0.717) is 0 Å². The minimum absolute atomic E-state index is 0.171. The molecule has 0 aliphatic carbocycles. The van der Waals surface area contributed by atoms with Crippen LogP contribution in [0.15, 0.2) is 54.9 Å². The Hall–Kier alpha value is -2.27. The summed E-state index contributed by atoms with van der Waals surface area (Å²) in [4.78, 5) is 15.8. The first-order valence-corrected chi connectivity index (χ1v) is 7.28. The number of rotatable bonds is 5. The monoisotopic (exact) mass is 285 g/mol. The average molecular weight is 285 g/mol. The van der Waals surface area contributed by atoms with Crippen LogP contribution < -0.4 is 10.0 Å². The number of aromatic nitrogens is 1. The number of hydrogen-bond donors (Lipinski definition) is 2. The molecule has 0 spiro atoms. The topological polar surface area (TPSA) is 54.0 Å². The second kappa shape index (κ2) is 7.35. The number of anilines is 2. The molecule has 4 nitrogen and oxygen atoms in total. The lowest BCUT2D eigenvalue weighted by Crippen LogP contribution is -2.07. The van der Waals surface area contributed by atoms with Gasteiger partial charge in [0.1, 0.15) is 0 Å². The predicted octanol–water partition coefficient (Wildman–Crippen LogP) is 3.42. The molecule has 0 fully saturated rings. The third-order valence-corrected chi connectivity index (χ3v) is 2.90. The molecular weight excluding hydrogens is 270 g/mol. The van der Waals surface area contributed by atoms with Gasteiger partial charge in [-0.05, 0) is 35.9 Å². The standard InChI is InChI=1S/C15H15N3OS/c1-20-18-14-6-2-5-13(10-14)17-15(19)8-7-12-4-3-9-16-11-12/h2-11,18H,1H3,(H,17,19)/b8-7+. The van der Waals surface area contributed by atoms with Crippen molar-refractivity contribution >= 4 is 35.3 Å². The Morgan fingerprint density at radius 3 is 2.85 bits per heavy atom. The van der Waals surface area contributed by atoms with E-state index in [0.717, 1.165) is 16.9 Å². The molecule has 1 aromatic carbocycles. The number of carbonyl (C=O) groups is 1. The molecule has 0 radical (unpaired) electrons. The van der Waals surface area contributed by atoms with Crippen molar-refractivity contribution in [1.82, 2.24) is 4.98 Å². The molecule has 0 aliphatic rings. The molecule has 0 saturated carbocycles. The van der Waals surface area contributed by atoms with Crippen molar-refractivity contribution in [2.75, 3.05) is 16.3 Å². The average Bonchev–Trinajstić information content (AvgIpc) is 2.47. The molecule has 1 aromatic heterocycles. The van der Waals surface area contributed by atoms with Gasteiger partial charge in [-0.1, -0.05) is 24.1 Å². The van der Waals surface area contributed by atoms with E-state index < -0.39 is 0 Å². The molecule has 5 heteroatoms. The Kier molecular flexibility index (Phi) is 5.20. The number of pyridine rings is 1. The van der Waals surface area contributed by atoms with Crippen LogP contribution in [0.5, 0.6) is 0 Å². The summed E-state index contributed by atoms with van der Waals surface area (Å²) in [5.74, 6) is -0.171. The molecule has 102 valence electrons. The van der Waals surface area contributed by atoms with E-state index in [9.17, 15) is 4.79 Å². The number of hydrogen-bond acceptors (Lipinski definition) is 4. The van der Waals surface area contributed by atoms with Gasteiger partial charge < -0.3 is 10.0 Å². The molecular formula is C15H15N3OS. The molecule has 1 heterocycles. The lowest BCUT2D eigenvalue weighted by atomic mass is 10.2. The zero-order valence-corrected chi connectivity index (χ0v) is 11.9. The van der Waals surface area contributed by atoms with Crippen LogP contribution in [0, 0.1) is 0 Å². The van der Waals surface area contributed by atoms with Gasteiger partial charge in [-0.3, -0.25) is 9.78 Å². The van der Waals surface area contributed by atoms with Gasteiger partial charge in [0, 0.05) is 36.1 Å². The van der Waals surface area contributed by atoms with Crippen molar-refractivity contribution in [2.45, 2.75) is 0 Å². The molecule has 0 aliphatic heterocycles. The second-order valence-corrected chi connectivity index (χ2v) is 4.61. The highest BCUT2D eigenvalue weighted by Crippen LogP contribution is 2.17. The van der Waals surface area contributed by atoms with Gasteiger partial charge in [0.2, 0.25) is 5.91 Å². The van der Waals surface area contributed by atoms with Crippen LogP contribution in [0.2, 0.25) is 0 Å². The van der Waals surface area contributed by atoms with Gasteiger partial charge in [0.05, 0.1) is 0 Å². The molecule has 0 unspecified atom stereocenters. The summed E-state index contributed by atoms with van der Waals surface area (Å²) in [6, 6.07) is 11.3. The second-order valence-electron chi connectivity index (χ2n) is 4.00. The summed E-state index contributed by atoms with van der Waals surface area (Å²) in [6.07, 6.45) is 8.56. The molecule has 2 aromatic rings. The molecule has 2 rings (SSSR count). The van der Waals surface area contributed by atoms with E-state index in [2.05, 4.69) is 15.0 Å². The molecule has 0 bridgehead atoms. The van der Waals surface area contributed by atoms with E-state index in [1.54, 1.807) is 18.5 Å². The quantitative estimate of drug-likeness (QED) is 0.653. The number of benzene rings is 1. The van der Waals surface area contributed by atoms with E-state index in [4.69, 9.17) is 0 Å². The first-order valence-electron chi connectivity index (χ1n) is 6.06. The third kappa shape index (κ3) is 4.44. The van der Waals surface area contributed by atoms with Crippen molar-refractivity contribution in [3.05, 3.63) is 60.4 Å². The Morgan fingerprint density at radius 1 is 1.25 bits per heavy atom. The fraction of sp³-hybridized carbons (Fsp3) is 0.0667. The van der Waals surface area contributed by atoms with E-state index in [1.165, 1.54) is 18.0 Å². The maximum absolute atomic E-state index is 11.8. The largest absolute Gasteiger partial charge is 0.330 e. The summed E-state index contributed by atoms with van der Waals surface area (Å²) in [5.41, 5.74) is 2.59. The van der Waals surface area contributed by atoms with Crippen molar-refractivity contribution in [1.29, 1.82) is 0 Å². The van der Waals surface area contributed by atoms with Crippen LogP contribution in [0.1, 0.15) is 5.56 Å². The van der Waals surface area contributed by atoms with Crippen LogP contribution in [-0.4, -0.2) is 17.1 Å². The lowest BCUT2D eigenvalue weighted by molar-refractivity contribution is -0.111. The summed E-state index contributed by atoms with van der Waals surface area (Å²) in [6.45, 7) is 0. The van der Waals surface area contributed by atoms with Gasteiger partial charge in [0.15, 0.2) is 0 Å². The molecule has 1 amide bonds. The van der Waals surface area contributed by atoms with Gasteiger partial charge in [-0.25, -0.2) is 0 Å². The van der Waals surface area contributed by atoms with E-state index >= 15 is 0 Å². The van der Waals surface area contributed by atoms with Crippen LogP contribution in [0.3, 0.4) is 0 Å². The zero-order valence-electron chi connectivity index (χ0n) is 11.0. The van der Waals surface area contributed by atoms with Crippen LogP contribution in [0.25, 0.3) is 6.08 Å². The maximum Gasteiger partial charge on any atom is 0.248 e. The van der Waals surface area contributed by atoms with Crippen LogP contribution in [0.4, 0.5) is 11.4 Å². The summed E-state index contributed by atoms with van der Waals surface area (Å²) < 4.78 is 3.12.